The van der Waals surface area contributed by atoms with Crippen LogP contribution in [0.4, 0.5) is 8.78 Å². The molecule has 19 heavy (non-hydrogen) atoms. The van der Waals surface area contributed by atoms with E-state index in [9.17, 15) is 26.8 Å². The number of carboxylic acids is 1. The van der Waals surface area contributed by atoms with Crippen molar-refractivity contribution in [3.63, 3.8) is 0 Å². The smallest absolute Gasteiger partial charge is 0.353 e. The second-order valence-electron chi connectivity index (χ2n) is 4.26. The highest BCUT2D eigenvalue weighted by Gasteiger charge is 2.46. The first kappa shape index (κ1) is 13.7. The zero-order chi connectivity index (χ0) is 14.6. The van der Waals surface area contributed by atoms with Gasteiger partial charge in [0.25, 0.3) is 0 Å². The monoisotopic (exact) mass is 293 g/mol. The van der Waals surface area contributed by atoms with Gasteiger partial charge in [-0.05, 0) is 12.5 Å². The van der Waals surface area contributed by atoms with Gasteiger partial charge in [0.05, 0.1) is 6.26 Å². The lowest BCUT2D eigenvalue weighted by Crippen LogP contribution is -2.34. The Bertz CT molecular complexity index is 689. The van der Waals surface area contributed by atoms with Crippen molar-refractivity contribution in [2.45, 2.75) is 18.8 Å². The number of nitrogens with zero attached hydrogens (tertiary/aromatic N) is 1. The van der Waals surface area contributed by atoms with E-state index in [-0.39, 0.29) is 12.1 Å². The zero-order valence-electron chi connectivity index (χ0n) is 9.68. The maximum absolute atomic E-state index is 13.3. The Kier molecular flexibility index (Phi) is 2.77. The molecule has 1 heterocycles. The highest BCUT2D eigenvalue weighted by atomic mass is 32.2. The number of Topliss-reactive ketones (excluding diaryl/α,β-unsaturated/α-hetero) is 1. The van der Waals surface area contributed by atoms with Crippen LogP contribution < -0.4 is 0 Å². The molecule has 0 fully saturated rings. The van der Waals surface area contributed by atoms with Crippen LogP contribution in [-0.2, 0) is 16.4 Å². The molecular weight excluding hydrogens is 284 g/mol. The fourth-order valence-electron chi connectivity index (χ4n) is 2.08. The number of hydrogen-bond acceptors (Lipinski definition) is 4. The highest BCUT2D eigenvalue weighted by Crippen LogP contribution is 2.35. The molecular formula is C10H9F2NO5S. The lowest BCUT2D eigenvalue weighted by Gasteiger charge is -2.21. The van der Waals surface area contributed by atoms with Crippen molar-refractivity contribution < 1.29 is 31.9 Å². The third-order valence-electron chi connectivity index (χ3n) is 2.86. The van der Waals surface area contributed by atoms with E-state index >= 15 is 0 Å². The van der Waals surface area contributed by atoms with Crippen molar-refractivity contribution in [2.24, 2.45) is 0 Å². The van der Waals surface area contributed by atoms with Gasteiger partial charge in [-0.2, -0.15) is 8.78 Å². The van der Waals surface area contributed by atoms with Crippen molar-refractivity contribution in [1.82, 2.24) is 3.97 Å². The van der Waals surface area contributed by atoms with E-state index in [4.69, 9.17) is 5.11 Å². The average Bonchev–Trinajstić information content (AvgIpc) is 2.63. The molecule has 0 unspecified atom stereocenters. The largest absolute Gasteiger partial charge is 0.477 e. The number of fused-ring (bicyclic) bond motifs is 1. The summed E-state index contributed by atoms with van der Waals surface area (Å²) in [6.07, 6.45) is -0.469. The third kappa shape index (κ3) is 2.03. The molecule has 0 aliphatic heterocycles. The Morgan fingerprint density at radius 3 is 2.53 bits per heavy atom. The summed E-state index contributed by atoms with van der Waals surface area (Å²) >= 11 is 0. The number of carboxylic acid groups (broad SMARTS) is 1. The highest BCUT2D eigenvalue weighted by molar-refractivity contribution is 7.89. The zero-order valence-corrected chi connectivity index (χ0v) is 10.5. The van der Waals surface area contributed by atoms with Gasteiger partial charge in [-0.1, -0.05) is 0 Å². The van der Waals surface area contributed by atoms with E-state index in [2.05, 4.69) is 0 Å². The lowest BCUT2D eigenvalue weighted by atomic mass is 9.93. The number of carbonyl (C=O) groups excluding carboxylic acids is 1. The molecule has 2 rings (SSSR count). The summed E-state index contributed by atoms with van der Waals surface area (Å²) in [6.45, 7) is 0. The average molecular weight is 293 g/mol. The summed E-state index contributed by atoms with van der Waals surface area (Å²) in [5.74, 6) is -6.73. The second-order valence-corrected chi connectivity index (χ2v) is 6.09. The minimum absolute atomic E-state index is 0.198. The SMILES string of the molecule is CS(=O)(=O)n1c(C(=O)O)cc2c1CCC(F)(F)C2=O. The number of carbonyl (C=O) groups is 2. The number of alkyl halides is 2. The van der Waals surface area contributed by atoms with Gasteiger partial charge in [0, 0.05) is 17.7 Å². The standard InChI is InChI=1S/C10H9F2NO5S/c1-19(17,18)13-6-2-3-10(11,12)8(14)5(6)4-7(13)9(15)16/h4H,2-3H2,1H3,(H,15,16). The van der Waals surface area contributed by atoms with Crippen LogP contribution in [0, 0.1) is 0 Å². The molecule has 0 saturated heterocycles. The van der Waals surface area contributed by atoms with Crippen molar-refractivity contribution in [2.75, 3.05) is 6.26 Å². The molecule has 0 bridgehead atoms. The molecule has 0 spiro atoms. The van der Waals surface area contributed by atoms with Crippen LogP contribution in [0.5, 0.6) is 0 Å². The van der Waals surface area contributed by atoms with E-state index in [1.807, 2.05) is 0 Å². The normalized spacial score (nSPS) is 18.2. The first-order chi connectivity index (χ1) is 8.55. The number of ketones is 1. The van der Waals surface area contributed by atoms with Crippen LogP contribution in [0.1, 0.15) is 33.0 Å². The fourth-order valence-corrected chi connectivity index (χ4v) is 3.16. The summed E-state index contributed by atoms with van der Waals surface area (Å²) in [4.78, 5) is 22.5. The predicted molar refractivity (Wildman–Crippen MR) is 59.2 cm³/mol. The molecule has 104 valence electrons. The molecule has 0 amide bonds. The topological polar surface area (TPSA) is 93.4 Å². The Labute approximate surface area is 106 Å². The van der Waals surface area contributed by atoms with Gasteiger partial charge in [0.15, 0.2) is 0 Å². The van der Waals surface area contributed by atoms with Crippen LogP contribution in [0.2, 0.25) is 0 Å². The first-order valence-electron chi connectivity index (χ1n) is 5.17. The molecule has 0 atom stereocenters. The molecule has 0 radical (unpaired) electrons. The lowest BCUT2D eigenvalue weighted by molar-refractivity contribution is 0.00181. The van der Waals surface area contributed by atoms with Gasteiger partial charge in [-0.15, -0.1) is 0 Å². The summed E-state index contributed by atoms with van der Waals surface area (Å²) in [5, 5.41) is 8.91. The molecule has 6 nitrogen and oxygen atoms in total. The Balaban J connectivity index is 2.78. The summed E-state index contributed by atoms with van der Waals surface area (Å²) in [6, 6.07) is 0.689. The van der Waals surface area contributed by atoms with Crippen LogP contribution in [0.15, 0.2) is 6.07 Å². The van der Waals surface area contributed by atoms with Crippen molar-refractivity contribution in [3.05, 3.63) is 23.0 Å². The van der Waals surface area contributed by atoms with Crippen LogP contribution >= 0.6 is 0 Å². The number of halogens is 2. The van der Waals surface area contributed by atoms with Gasteiger partial charge in [0.1, 0.15) is 5.69 Å². The number of rotatable bonds is 2. The molecule has 0 saturated carbocycles. The molecule has 1 aromatic heterocycles. The van der Waals surface area contributed by atoms with E-state index in [0.29, 0.717) is 10.0 Å². The van der Waals surface area contributed by atoms with Gasteiger partial charge in [-0.25, -0.2) is 17.2 Å². The van der Waals surface area contributed by atoms with Gasteiger partial charge >= 0.3 is 11.9 Å². The van der Waals surface area contributed by atoms with Crippen molar-refractivity contribution >= 4 is 21.8 Å². The van der Waals surface area contributed by atoms with Gasteiger partial charge < -0.3 is 5.11 Å². The fraction of sp³-hybridized carbons (Fsp3) is 0.400. The summed E-state index contributed by atoms with van der Waals surface area (Å²) in [7, 11) is -4.00. The molecule has 1 aromatic rings. The van der Waals surface area contributed by atoms with Crippen molar-refractivity contribution in [3.8, 4) is 0 Å². The summed E-state index contributed by atoms with van der Waals surface area (Å²) < 4.78 is 50.1. The number of hydrogen-bond donors (Lipinski definition) is 1. The second kappa shape index (κ2) is 3.86. The van der Waals surface area contributed by atoms with E-state index in [0.717, 1.165) is 6.26 Å². The minimum Gasteiger partial charge on any atom is -0.477 e. The molecule has 0 aromatic carbocycles. The number of aromatic carboxylic acids is 1. The van der Waals surface area contributed by atoms with Gasteiger partial charge in [-0.3, -0.25) is 4.79 Å². The predicted octanol–water partition coefficient (Wildman–Crippen LogP) is 0.758. The van der Waals surface area contributed by atoms with Crippen LogP contribution in [-0.4, -0.2) is 41.4 Å². The maximum Gasteiger partial charge on any atom is 0.353 e. The minimum atomic E-state index is -4.00. The Hall–Kier alpha value is -1.77. The van der Waals surface area contributed by atoms with Crippen LogP contribution in [0.3, 0.4) is 0 Å². The maximum atomic E-state index is 13.3. The van der Waals surface area contributed by atoms with Crippen LogP contribution in [0.25, 0.3) is 0 Å². The number of aromatic nitrogens is 1. The molecule has 1 N–H and O–H groups in total. The van der Waals surface area contributed by atoms with E-state index in [1.165, 1.54) is 0 Å². The molecule has 1 aliphatic carbocycles. The molecule has 9 heteroatoms. The third-order valence-corrected chi connectivity index (χ3v) is 3.94. The Morgan fingerprint density at radius 1 is 1.47 bits per heavy atom. The summed E-state index contributed by atoms with van der Waals surface area (Å²) in [5.41, 5.74) is -1.45. The van der Waals surface area contributed by atoms with Crippen molar-refractivity contribution in [1.29, 1.82) is 0 Å². The first-order valence-corrected chi connectivity index (χ1v) is 7.01. The Morgan fingerprint density at radius 2 is 2.05 bits per heavy atom. The molecule has 1 aliphatic rings. The van der Waals surface area contributed by atoms with Gasteiger partial charge in [0.2, 0.25) is 15.8 Å². The van der Waals surface area contributed by atoms with E-state index < -0.39 is 45.4 Å². The van der Waals surface area contributed by atoms with E-state index in [1.54, 1.807) is 0 Å². The quantitative estimate of drug-likeness (QED) is 0.868.